The minimum Gasteiger partial charge on any atom is -0.377 e. The Morgan fingerprint density at radius 1 is 1.19 bits per heavy atom. The zero-order chi connectivity index (χ0) is 18.4. The van der Waals surface area contributed by atoms with Crippen LogP contribution in [-0.4, -0.2) is 48.2 Å². The fourth-order valence-electron chi connectivity index (χ4n) is 3.92. The maximum Gasteiger partial charge on any atom is 0.250 e. The number of ether oxygens (including phenoxy) is 1. The molecule has 3 aromatic rings. The summed E-state index contributed by atoms with van der Waals surface area (Å²) < 4.78 is 5.43. The van der Waals surface area contributed by atoms with E-state index in [-0.39, 0.29) is 0 Å². The molecule has 2 aliphatic rings. The summed E-state index contributed by atoms with van der Waals surface area (Å²) in [4.78, 5) is 24.7. The van der Waals surface area contributed by atoms with Gasteiger partial charge in [0.05, 0.1) is 36.2 Å². The smallest absolute Gasteiger partial charge is 0.250 e. The Morgan fingerprint density at radius 2 is 2.04 bits per heavy atom. The van der Waals surface area contributed by atoms with Crippen LogP contribution in [0.15, 0.2) is 42.6 Å². The molecule has 1 fully saturated rings. The van der Waals surface area contributed by atoms with E-state index in [9.17, 15) is 4.79 Å². The van der Waals surface area contributed by atoms with Crippen molar-refractivity contribution in [1.82, 2.24) is 9.97 Å². The molecule has 0 saturated carbocycles. The number of pyridine rings is 1. The van der Waals surface area contributed by atoms with Crippen molar-refractivity contribution in [1.29, 1.82) is 0 Å². The highest BCUT2D eigenvalue weighted by atomic mass is 16.5. The first-order valence-corrected chi connectivity index (χ1v) is 9.21. The topological polar surface area (TPSA) is 87.5 Å². The maximum atomic E-state index is 12.0. The molecule has 7 heteroatoms. The zero-order valence-corrected chi connectivity index (χ0v) is 14.9. The number of nitrogens with two attached hydrogens (primary N) is 1. The van der Waals surface area contributed by atoms with Crippen LogP contribution in [0.4, 0.5) is 17.2 Å². The average molecular weight is 363 g/mol. The molecule has 2 aromatic heterocycles. The SMILES string of the molecule is NC(=O)c1ccccc1N1CCCN(C2COC2)c2nc3[nH]ccc3cc21. The summed E-state index contributed by atoms with van der Waals surface area (Å²) in [6.07, 6.45) is 2.85. The van der Waals surface area contributed by atoms with Gasteiger partial charge in [-0.25, -0.2) is 4.98 Å². The molecule has 138 valence electrons. The van der Waals surface area contributed by atoms with Crippen molar-refractivity contribution in [3.63, 3.8) is 0 Å². The Bertz CT molecular complexity index is 1010. The summed E-state index contributed by atoms with van der Waals surface area (Å²) in [6.45, 7) is 3.14. The molecule has 1 aromatic carbocycles. The van der Waals surface area contributed by atoms with Crippen molar-refractivity contribution in [3.8, 4) is 0 Å². The average Bonchev–Trinajstić information content (AvgIpc) is 3.01. The third-order valence-electron chi connectivity index (χ3n) is 5.36. The van der Waals surface area contributed by atoms with E-state index in [2.05, 4.69) is 20.9 Å². The number of carbonyl (C=O) groups is 1. The van der Waals surface area contributed by atoms with Crippen molar-refractivity contribution in [3.05, 3.63) is 48.2 Å². The van der Waals surface area contributed by atoms with Gasteiger partial charge in [0.1, 0.15) is 5.65 Å². The number of anilines is 3. The van der Waals surface area contributed by atoms with E-state index in [1.165, 1.54) is 0 Å². The van der Waals surface area contributed by atoms with E-state index in [1.807, 2.05) is 30.5 Å². The van der Waals surface area contributed by atoms with Crippen LogP contribution >= 0.6 is 0 Å². The first-order chi connectivity index (χ1) is 13.2. The summed E-state index contributed by atoms with van der Waals surface area (Å²) in [5, 5.41) is 1.04. The number of primary amides is 1. The molecule has 0 spiro atoms. The maximum absolute atomic E-state index is 12.0. The summed E-state index contributed by atoms with van der Waals surface area (Å²) >= 11 is 0. The lowest BCUT2D eigenvalue weighted by Gasteiger charge is -2.38. The number of rotatable bonds is 3. The first kappa shape index (κ1) is 16.1. The van der Waals surface area contributed by atoms with Gasteiger partial charge >= 0.3 is 0 Å². The Hall–Kier alpha value is -3.06. The monoisotopic (exact) mass is 363 g/mol. The lowest BCUT2D eigenvalue weighted by molar-refractivity contribution is 0.00796. The third kappa shape index (κ3) is 2.62. The Morgan fingerprint density at radius 3 is 2.81 bits per heavy atom. The first-order valence-electron chi connectivity index (χ1n) is 9.21. The molecule has 0 unspecified atom stereocenters. The fourth-order valence-corrected chi connectivity index (χ4v) is 3.92. The van der Waals surface area contributed by atoms with E-state index in [0.717, 1.165) is 61.0 Å². The van der Waals surface area contributed by atoms with Crippen LogP contribution in [0, 0.1) is 0 Å². The summed E-state index contributed by atoms with van der Waals surface area (Å²) in [7, 11) is 0. The molecule has 0 atom stereocenters. The highest BCUT2D eigenvalue weighted by molar-refractivity contribution is 6.00. The molecule has 0 radical (unpaired) electrons. The van der Waals surface area contributed by atoms with Crippen LogP contribution in [0.5, 0.6) is 0 Å². The van der Waals surface area contributed by atoms with Crippen LogP contribution < -0.4 is 15.5 Å². The molecular formula is C20H21N5O2. The minimum atomic E-state index is -0.420. The van der Waals surface area contributed by atoms with E-state index >= 15 is 0 Å². The number of fused-ring (bicyclic) bond motifs is 2. The highest BCUT2D eigenvalue weighted by Gasteiger charge is 2.33. The van der Waals surface area contributed by atoms with Gasteiger partial charge in [0.2, 0.25) is 0 Å². The van der Waals surface area contributed by atoms with Crippen LogP contribution in [-0.2, 0) is 4.74 Å². The van der Waals surface area contributed by atoms with Gasteiger partial charge in [0, 0.05) is 24.7 Å². The molecule has 0 aliphatic carbocycles. The van der Waals surface area contributed by atoms with E-state index in [1.54, 1.807) is 6.07 Å². The number of carbonyl (C=O) groups excluding carboxylic acids is 1. The molecule has 5 rings (SSSR count). The molecule has 4 heterocycles. The minimum absolute atomic E-state index is 0.343. The van der Waals surface area contributed by atoms with Crippen LogP contribution in [0.25, 0.3) is 11.0 Å². The molecule has 0 bridgehead atoms. The number of nitrogens with zero attached hydrogens (tertiary/aromatic N) is 3. The number of H-pyrrole nitrogens is 1. The summed E-state index contributed by atoms with van der Waals surface area (Å²) in [5.41, 5.74) is 8.87. The molecule has 7 nitrogen and oxygen atoms in total. The number of nitrogens with one attached hydrogen (secondary N) is 1. The van der Waals surface area contributed by atoms with Crippen molar-refractivity contribution >= 4 is 34.1 Å². The van der Waals surface area contributed by atoms with Crippen molar-refractivity contribution < 1.29 is 9.53 Å². The molecule has 1 amide bonds. The molecule has 27 heavy (non-hydrogen) atoms. The molecular weight excluding hydrogens is 342 g/mol. The number of para-hydroxylation sites is 1. The number of benzene rings is 1. The van der Waals surface area contributed by atoms with Crippen LogP contribution in [0.2, 0.25) is 0 Å². The number of hydrogen-bond donors (Lipinski definition) is 2. The lowest BCUT2D eigenvalue weighted by Crippen LogP contribution is -2.49. The van der Waals surface area contributed by atoms with Gasteiger partial charge in [0.15, 0.2) is 5.82 Å². The second kappa shape index (κ2) is 6.28. The van der Waals surface area contributed by atoms with Gasteiger partial charge in [-0.05, 0) is 30.7 Å². The normalized spacial score (nSPS) is 17.5. The van der Waals surface area contributed by atoms with Crippen LogP contribution in [0.3, 0.4) is 0 Å². The van der Waals surface area contributed by atoms with E-state index in [4.69, 9.17) is 15.5 Å². The van der Waals surface area contributed by atoms with E-state index < -0.39 is 5.91 Å². The second-order valence-electron chi connectivity index (χ2n) is 7.02. The van der Waals surface area contributed by atoms with Gasteiger partial charge in [-0.2, -0.15) is 0 Å². The Balaban J connectivity index is 1.70. The fraction of sp³-hybridized carbons (Fsp3) is 0.300. The highest BCUT2D eigenvalue weighted by Crippen LogP contribution is 2.40. The Labute approximate surface area is 156 Å². The molecule has 2 aliphatic heterocycles. The van der Waals surface area contributed by atoms with E-state index in [0.29, 0.717) is 11.6 Å². The van der Waals surface area contributed by atoms with Crippen molar-refractivity contribution in [2.45, 2.75) is 12.5 Å². The summed E-state index contributed by atoms with van der Waals surface area (Å²) in [6, 6.07) is 12.0. The second-order valence-corrected chi connectivity index (χ2v) is 7.02. The van der Waals surface area contributed by atoms with Crippen molar-refractivity contribution in [2.75, 3.05) is 36.1 Å². The number of amides is 1. The lowest BCUT2D eigenvalue weighted by atomic mass is 10.1. The largest absolute Gasteiger partial charge is 0.377 e. The van der Waals surface area contributed by atoms with Gasteiger partial charge in [-0.15, -0.1) is 0 Å². The predicted molar refractivity (Wildman–Crippen MR) is 105 cm³/mol. The standard InChI is InChI=1S/C20H21N5O2/c21-18(26)15-4-1-2-5-16(15)25-9-3-8-24(14-11-27-12-14)20-17(25)10-13-6-7-22-19(13)23-20/h1-2,4-7,10,14H,3,8-9,11-12H2,(H2,21,26)(H,22,23). The number of hydrogen-bond acceptors (Lipinski definition) is 5. The Kier molecular flexibility index (Phi) is 3.75. The number of aromatic nitrogens is 2. The van der Waals surface area contributed by atoms with Crippen molar-refractivity contribution in [2.24, 2.45) is 5.73 Å². The van der Waals surface area contributed by atoms with Crippen LogP contribution in [0.1, 0.15) is 16.8 Å². The quantitative estimate of drug-likeness (QED) is 0.746. The summed E-state index contributed by atoms with van der Waals surface area (Å²) in [5.74, 6) is 0.506. The zero-order valence-electron chi connectivity index (χ0n) is 14.9. The van der Waals surface area contributed by atoms with Gasteiger partial charge < -0.3 is 25.3 Å². The van der Waals surface area contributed by atoms with Gasteiger partial charge in [-0.3, -0.25) is 4.79 Å². The number of aromatic amines is 1. The molecule has 1 saturated heterocycles. The third-order valence-corrected chi connectivity index (χ3v) is 5.36. The predicted octanol–water partition coefficient (Wildman–Crippen LogP) is 2.41. The van der Waals surface area contributed by atoms with Gasteiger partial charge in [0.25, 0.3) is 5.91 Å². The molecule has 3 N–H and O–H groups in total. The van der Waals surface area contributed by atoms with Gasteiger partial charge in [-0.1, -0.05) is 12.1 Å².